The minimum absolute atomic E-state index is 0.00746. The zero-order valence-corrected chi connectivity index (χ0v) is 39.4. The van der Waals surface area contributed by atoms with Crippen LogP contribution < -0.4 is 14.8 Å². The van der Waals surface area contributed by atoms with Crippen LogP contribution in [0.3, 0.4) is 0 Å². The van der Waals surface area contributed by atoms with Crippen molar-refractivity contribution in [3.8, 4) is 11.5 Å². The number of benzene rings is 3. The first-order valence-corrected chi connectivity index (χ1v) is 24.2. The quantitative estimate of drug-likeness (QED) is 0.0940. The van der Waals surface area contributed by atoms with E-state index in [2.05, 4.69) is 77.2 Å². The maximum absolute atomic E-state index is 13.5. The number of carbonyl (C=O) groups is 2. The largest absolute Gasteiger partial charge is 0.496 e. The SMILES string of the molecule is COc1ccccc1COCCCOc1ccc(C2CCN(C(=O)OC(C)(C)C)CC2OC(CCO[Si](C(C)C)(C(C)C)C(C)C)c2ccc3c(c2)NC(=O)C3(C)C)cc1. The summed E-state index contributed by atoms with van der Waals surface area (Å²) in [7, 11) is -0.483. The van der Waals surface area contributed by atoms with Gasteiger partial charge in [-0.2, -0.15) is 0 Å². The summed E-state index contributed by atoms with van der Waals surface area (Å²) in [4.78, 5) is 28.3. The fourth-order valence-electron chi connectivity index (χ4n) is 9.27. The lowest BCUT2D eigenvalue weighted by atomic mass is 9.85. The highest BCUT2D eigenvalue weighted by molar-refractivity contribution is 6.77. The van der Waals surface area contributed by atoms with Crippen molar-refractivity contribution in [3.05, 3.63) is 89.0 Å². The van der Waals surface area contributed by atoms with Gasteiger partial charge in [0.25, 0.3) is 0 Å². The van der Waals surface area contributed by atoms with E-state index in [1.165, 1.54) is 0 Å². The average molecular weight is 845 g/mol. The van der Waals surface area contributed by atoms with Crippen molar-refractivity contribution in [2.45, 2.75) is 148 Å². The van der Waals surface area contributed by atoms with Crippen LogP contribution in [0.15, 0.2) is 66.7 Å². The maximum atomic E-state index is 13.5. The molecule has 0 radical (unpaired) electrons. The number of ether oxygens (including phenoxy) is 5. The van der Waals surface area contributed by atoms with Crippen LogP contribution in [-0.4, -0.2) is 76.9 Å². The van der Waals surface area contributed by atoms with Crippen LogP contribution in [0, 0.1) is 0 Å². The molecule has 2 aliphatic heterocycles. The number of methoxy groups -OCH3 is 1. The molecule has 3 atom stereocenters. The number of carbonyl (C=O) groups excluding carboxylic acids is 2. The lowest BCUT2D eigenvalue weighted by Crippen LogP contribution is -2.49. The highest BCUT2D eigenvalue weighted by Gasteiger charge is 2.45. The second-order valence-electron chi connectivity index (χ2n) is 19.0. The van der Waals surface area contributed by atoms with Crippen molar-refractivity contribution >= 4 is 26.0 Å². The molecule has 3 unspecified atom stereocenters. The lowest BCUT2D eigenvalue weighted by Gasteiger charge is -2.43. The van der Waals surface area contributed by atoms with E-state index in [4.69, 9.17) is 28.1 Å². The van der Waals surface area contributed by atoms with Gasteiger partial charge in [-0.3, -0.25) is 4.79 Å². The zero-order valence-electron chi connectivity index (χ0n) is 38.4. The smallest absolute Gasteiger partial charge is 0.410 e. The number of hydrogen-bond acceptors (Lipinski definition) is 8. The van der Waals surface area contributed by atoms with Crippen LogP contribution in [0.1, 0.15) is 130 Å². The minimum Gasteiger partial charge on any atom is -0.496 e. The molecule has 330 valence electrons. The van der Waals surface area contributed by atoms with Gasteiger partial charge >= 0.3 is 6.09 Å². The Hall–Kier alpha value is -3.90. The second-order valence-corrected chi connectivity index (χ2v) is 24.4. The van der Waals surface area contributed by atoms with Crippen LogP contribution >= 0.6 is 0 Å². The van der Waals surface area contributed by atoms with E-state index >= 15 is 0 Å². The van der Waals surface area contributed by atoms with E-state index in [9.17, 15) is 9.59 Å². The van der Waals surface area contributed by atoms with Gasteiger partial charge in [0, 0.05) is 36.7 Å². The first-order chi connectivity index (χ1) is 28.4. The van der Waals surface area contributed by atoms with Crippen molar-refractivity contribution in [3.63, 3.8) is 0 Å². The van der Waals surface area contributed by atoms with E-state index in [0.717, 1.165) is 45.9 Å². The van der Waals surface area contributed by atoms with Gasteiger partial charge in [-0.15, -0.1) is 0 Å². The van der Waals surface area contributed by atoms with E-state index in [-0.39, 0.29) is 30.1 Å². The Morgan fingerprint density at radius 1 is 0.917 bits per heavy atom. The number of rotatable bonds is 19. The molecular weight excluding hydrogens is 773 g/mol. The third kappa shape index (κ3) is 11.3. The van der Waals surface area contributed by atoms with Crippen molar-refractivity contribution in [2.75, 3.05) is 45.3 Å². The molecule has 2 aliphatic rings. The Balaban J connectivity index is 1.35. The molecule has 1 N–H and O–H groups in total. The topological polar surface area (TPSA) is 105 Å². The fourth-order valence-corrected chi connectivity index (χ4v) is 14.7. The average Bonchev–Trinajstić information content (AvgIpc) is 3.42. The molecule has 60 heavy (non-hydrogen) atoms. The zero-order chi connectivity index (χ0) is 43.8. The van der Waals surface area contributed by atoms with Crippen LogP contribution in [0.5, 0.6) is 11.5 Å². The van der Waals surface area contributed by atoms with Gasteiger partial charge in [-0.25, -0.2) is 4.79 Å². The number of para-hydroxylation sites is 1. The second kappa shape index (κ2) is 20.3. The molecule has 3 aromatic rings. The molecule has 2 heterocycles. The minimum atomic E-state index is -2.15. The predicted octanol–water partition coefficient (Wildman–Crippen LogP) is 11.3. The molecule has 0 saturated carbocycles. The number of fused-ring (bicyclic) bond motifs is 1. The Bertz CT molecular complexity index is 1850. The van der Waals surface area contributed by atoms with Gasteiger partial charge in [0.2, 0.25) is 5.91 Å². The van der Waals surface area contributed by atoms with E-state index < -0.39 is 19.3 Å². The summed E-state index contributed by atoms with van der Waals surface area (Å²) in [6.07, 6.45) is 1.05. The summed E-state index contributed by atoms with van der Waals surface area (Å²) in [6.45, 7) is 26.5. The van der Waals surface area contributed by atoms with Crippen molar-refractivity contribution in [2.24, 2.45) is 0 Å². The molecule has 10 nitrogen and oxygen atoms in total. The van der Waals surface area contributed by atoms with Gasteiger partial charge < -0.3 is 38.3 Å². The van der Waals surface area contributed by atoms with Gasteiger partial charge in [-0.1, -0.05) is 84.0 Å². The molecule has 2 amide bonds. The first-order valence-electron chi connectivity index (χ1n) is 22.0. The van der Waals surface area contributed by atoms with Crippen molar-refractivity contribution < 1.29 is 37.7 Å². The molecule has 1 saturated heterocycles. The van der Waals surface area contributed by atoms with Crippen molar-refractivity contribution in [1.82, 2.24) is 4.90 Å². The molecule has 0 aliphatic carbocycles. The van der Waals surface area contributed by atoms with Crippen molar-refractivity contribution in [1.29, 1.82) is 0 Å². The van der Waals surface area contributed by atoms with Crippen LogP contribution in [0.4, 0.5) is 10.5 Å². The number of likely N-dealkylation sites (tertiary alicyclic amines) is 1. The molecular formula is C49H72N2O8Si. The van der Waals surface area contributed by atoms with Crippen LogP contribution in [0.2, 0.25) is 16.6 Å². The maximum Gasteiger partial charge on any atom is 0.410 e. The number of piperidine rings is 1. The van der Waals surface area contributed by atoms with E-state index in [0.29, 0.717) is 69.0 Å². The van der Waals surface area contributed by atoms with E-state index in [1.54, 1.807) is 12.0 Å². The summed E-state index contributed by atoms with van der Waals surface area (Å²) < 4.78 is 37.7. The molecule has 0 spiro atoms. The normalized spacial score (nSPS) is 18.4. The summed E-state index contributed by atoms with van der Waals surface area (Å²) in [5, 5.41) is 3.12. The molecule has 3 aromatic carbocycles. The standard InChI is InChI=1S/C49H72N2O8Si/c1-33(2)60(34(3)4,35(5)6)57-29-25-44(37-20-23-41-42(30-37)50-46(52)49(41,10)11)58-45-31-51(47(53)59-48(7,8)9)26-24-40(45)36-18-21-39(22-19-36)56-28-15-27-55-32-38-16-13-14-17-43(38)54-12/h13-14,16-23,30,33-35,40,44-45H,15,24-29,31-32H2,1-12H3,(H,50,52). The van der Waals surface area contributed by atoms with Crippen LogP contribution in [-0.2, 0) is 35.5 Å². The Morgan fingerprint density at radius 3 is 2.25 bits per heavy atom. The summed E-state index contributed by atoms with van der Waals surface area (Å²) in [5.41, 5.74) is 5.03. The molecule has 0 aromatic heterocycles. The predicted molar refractivity (Wildman–Crippen MR) is 242 cm³/mol. The fraction of sp³-hybridized carbons (Fsp3) is 0.592. The Labute approximate surface area is 361 Å². The molecule has 0 bridgehead atoms. The van der Waals surface area contributed by atoms with E-state index in [1.807, 2.05) is 71.0 Å². The third-order valence-electron chi connectivity index (χ3n) is 12.4. The number of nitrogens with one attached hydrogen (secondary N) is 1. The Morgan fingerprint density at radius 2 is 1.60 bits per heavy atom. The highest BCUT2D eigenvalue weighted by atomic mass is 28.4. The van der Waals surface area contributed by atoms with Gasteiger partial charge in [0.05, 0.1) is 51.1 Å². The number of hydrogen-bond donors (Lipinski definition) is 1. The third-order valence-corrected chi connectivity index (χ3v) is 18.5. The summed E-state index contributed by atoms with van der Waals surface area (Å²) in [6, 6.07) is 22.4. The number of nitrogens with zero attached hydrogens (tertiary/aromatic N) is 1. The van der Waals surface area contributed by atoms with Gasteiger partial charge in [-0.05, 0) is 105 Å². The number of anilines is 1. The molecule has 11 heteroatoms. The van der Waals surface area contributed by atoms with Crippen LogP contribution in [0.25, 0.3) is 0 Å². The van der Waals surface area contributed by atoms with Gasteiger partial charge in [0.15, 0.2) is 8.32 Å². The first kappa shape index (κ1) is 47.2. The highest BCUT2D eigenvalue weighted by Crippen LogP contribution is 2.44. The Kier molecular flexibility index (Phi) is 16.0. The molecule has 1 fully saturated rings. The summed E-state index contributed by atoms with van der Waals surface area (Å²) in [5.74, 6) is 1.61. The molecule has 5 rings (SSSR count). The number of amides is 2. The van der Waals surface area contributed by atoms with Gasteiger partial charge in [0.1, 0.15) is 17.1 Å². The lowest BCUT2D eigenvalue weighted by molar-refractivity contribution is -0.119. The summed E-state index contributed by atoms with van der Waals surface area (Å²) >= 11 is 0. The monoisotopic (exact) mass is 845 g/mol.